The maximum absolute atomic E-state index is 5.72. The lowest BCUT2D eigenvalue weighted by atomic mass is 10.2. The van der Waals surface area contributed by atoms with Gasteiger partial charge in [0.2, 0.25) is 0 Å². The fourth-order valence-electron chi connectivity index (χ4n) is 2.19. The van der Waals surface area contributed by atoms with Crippen LogP contribution in [0.4, 0.5) is 0 Å². The molecule has 1 aromatic carbocycles. The van der Waals surface area contributed by atoms with Gasteiger partial charge in [0, 0.05) is 19.7 Å². The van der Waals surface area contributed by atoms with Crippen molar-refractivity contribution in [3.05, 3.63) is 35.9 Å². The van der Waals surface area contributed by atoms with E-state index in [1.165, 1.54) is 18.4 Å². The summed E-state index contributed by atoms with van der Waals surface area (Å²) in [5, 5.41) is 0. The lowest BCUT2D eigenvalue weighted by Crippen LogP contribution is -2.27. The van der Waals surface area contributed by atoms with Crippen molar-refractivity contribution >= 4 is 0 Å². The standard InChI is InChI=1S/C17H27NO2/c1-2-10-18(13-16-6-4-3-5-7-16)15-20-12-11-19-14-17-8-9-17/h3-7,17H,2,8-15H2,1H3. The lowest BCUT2D eigenvalue weighted by Gasteiger charge is -2.21. The predicted molar refractivity (Wildman–Crippen MR) is 81.5 cm³/mol. The quantitative estimate of drug-likeness (QED) is 0.457. The molecule has 1 saturated carbocycles. The molecule has 112 valence electrons. The van der Waals surface area contributed by atoms with Crippen LogP contribution in [0.5, 0.6) is 0 Å². The normalized spacial score (nSPS) is 14.9. The number of nitrogens with zero attached hydrogens (tertiary/aromatic N) is 1. The highest BCUT2D eigenvalue weighted by atomic mass is 16.5. The van der Waals surface area contributed by atoms with Crippen LogP contribution in [0.25, 0.3) is 0 Å². The molecule has 0 heterocycles. The molecular formula is C17H27NO2. The van der Waals surface area contributed by atoms with E-state index in [1.807, 2.05) is 0 Å². The van der Waals surface area contributed by atoms with Gasteiger partial charge in [-0.2, -0.15) is 0 Å². The summed E-state index contributed by atoms with van der Waals surface area (Å²) in [6.45, 7) is 7.26. The number of hydrogen-bond donors (Lipinski definition) is 0. The van der Waals surface area contributed by atoms with Crippen LogP contribution in [-0.2, 0) is 16.0 Å². The van der Waals surface area contributed by atoms with E-state index in [0.717, 1.165) is 38.6 Å². The van der Waals surface area contributed by atoms with Gasteiger partial charge in [0.1, 0.15) is 0 Å². The van der Waals surface area contributed by atoms with Gasteiger partial charge in [-0.1, -0.05) is 37.3 Å². The van der Waals surface area contributed by atoms with Crippen molar-refractivity contribution in [2.75, 3.05) is 33.1 Å². The largest absolute Gasteiger partial charge is 0.379 e. The molecule has 0 atom stereocenters. The van der Waals surface area contributed by atoms with Gasteiger partial charge in [-0.3, -0.25) is 4.90 Å². The zero-order valence-electron chi connectivity index (χ0n) is 12.6. The lowest BCUT2D eigenvalue weighted by molar-refractivity contribution is -0.0106. The van der Waals surface area contributed by atoms with E-state index in [9.17, 15) is 0 Å². The van der Waals surface area contributed by atoms with E-state index >= 15 is 0 Å². The number of hydrogen-bond acceptors (Lipinski definition) is 3. The van der Waals surface area contributed by atoms with Crippen molar-refractivity contribution in [1.29, 1.82) is 0 Å². The molecule has 1 aliphatic rings. The summed E-state index contributed by atoms with van der Waals surface area (Å²) in [4.78, 5) is 2.34. The third-order valence-corrected chi connectivity index (χ3v) is 3.49. The van der Waals surface area contributed by atoms with Gasteiger partial charge in [-0.15, -0.1) is 0 Å². The average Bonchev–Trinajstić information content (AvgIpc) is 3.28. The fraction of sp³-hybridized carbons (Fsp3) is 0.647. The molecule has 3 nitrogen and oxygen atoms in total. The molecule has 0 N–H and O–H groups in total. The first kappa shape index (κ1) is 15.5. The summed E-state index contributed by atoms with van der Waals surface area (Å²) in [7, 11) is 0. The molecule has 0 spiro atoms. The van der Waals surface area contributed by atoms with E-state index < -0.39 is 0 Å². The maximum atomic E-state index is 5.72. The van der Waals surface area contributed by atoms with Gasteiger partial charge in [0.15, 0.2) is 0 Å². The second-order valence-electron chi connectivity index (χ2n) is 5.59. The Bertz CT molecular complexity index is 351. The van der Waals surface area contributed by atoms with Gasteiger partial charge in [-0.05, 0) is 30.7 Å². The van der Waals surface area contributed by atoms with Gasteiger partial charge >= 0.3 is 0 Å². The van der Waals surface area contributed by atoms with Crippen molar-refractivity contribution in [2.24, 2.45) is 5.92 Å². The topological polar surface area (TPSA) is 21.7 Å². The van der Waals surface area contributed by atoms with E-state index in [0.29, 0.717) is 13.3 Å². The first-order valence-electron chi connectivity index (χ1n) is 7.80. The van der Waals surface area contributed by atoms with Crippen LogP contribution in [0, 0.1) is 5.92 Å². The van der Waals surface area contributed by atoms with Crippen molar-refractivity contribution in [3.8, 4) is 0 Å². The molecule has 0 aliphatic heterocycles. The Morgan fingerprint density at radius 2 is 1.85 bits per heavy atom. The van der Waals surface area contributed by atoms with Crippen LogP contribution < -0.4 is 0 Å². The molecule has 1 aromatic rings. The summed E-state index contributed by atoms with van der Waals surface area (Å²) in [6, 6.07) is 10.6. The smallest absolute Gasteiger partial charge is 0.0994 e. The minimum absolute atomic E-state index is 0.690. The molecule has 1 fully saturated rings. The van der Waals surface area contributed by atoms with E-state index in [1.54, 1.807) is 0 Å². The molecule has 0 radical (unpaired) electrons. The SMILES string of the molecule is CCCN(COCCOCC1CC1)Cc1ccccc1. The Labute approximate surface area is 122 Å². The second-order valence-corrected chi connectivity index (χ2v) is 5.59. The van der Waals surface area contributed by atoms with Gasteiger partial charge in [0.05, 0.1) is 19.9 Å². The van der Waals surface area contributed by atoms with Gasteiger partial charge in [-0.25, -0.2) is 0 Å². The first-order valence-corrected chi connectivity index (χ1v) is 7.80. The Morgan fingerprint density at radius 3 is 2.55 bits per heavy atom. The molecule has 0 amide bonds. The number of ether oxygens (including phenoxy) is 2. The summed E-state index contributed by atoms with van der Waals surface area (Å²) in [5.74, 6) is 0.838. The highest BCUT2D eigenvalue weighted by Gasteiger charge is 2.20. The van der Waals surface area contributed by atoms with Crippen molar-refractivity contribution in [3.63, 3.8) is 0 Å². The fourth-order valence-corrected chi connectivity index (χ4v) is 2.19. The van der Waals surface area contributed by atoms with Crippen molar-refractivity contribution in [1.82, 2.24) is 4.90 Å². The molecular weight excluding hydrogens is 250 g/mol. The predicted octanol–water partition coefficient (Wildman–Crippen LogP) is 3.30. The Balaban J connectivity index is 1.58. The first-order chi connectivity index (χ1) is 9.88. The van der Waals surface area contributed by atoms with Gasteiger partial charge < -0.3 is 9.47 Å². The molecule has 1 aliphatic carbocycles. The van der Waals surface area contributed by atoms with Crippen LogP contribution in [0.1, 0.15) is 31.7 Å². The van der Waals surface area contributed by atoms with Crippen molar-refractivity contribution in [2.45, 2.75) is 32.7 Å². The molecule has 2 rings (SSSR count). The summed E-state index contributed by atoms with van der Waals surface area (Å²) in [5.41, 5.74) is 1.34. The van der Waals surface area contributed by atoms with E-state index in [-0.39, 0.29) is 0 Å². The number of rotatable bonds is 11. The molecule has 20 heavy (non-hydrogen) atoms. The van der Waals surface area contributed by atoms with E-state index in [2.05, 4.69) is 42.2 Å². The summed E-state index contributed by atoms with van der Waals surface area (Å²) >= 11 is 0. The minimum Gasteiger partial charge on any atom is -0.379 e. The van der Waals surface area contributed by atoms with E-state index in [4.69, 9.17) is 9.47 Å². The third kappa shape index (κ3) is 6.51. The zero-order chi connectivity index (χ0) is 14.0. The van der Waals surface area contributed by atoms with Crippen LogP contribution in [0.2, 0.25) is 0 Å². The van der Waals surface area contributed by atoms with Crippen LogP contribution in [0.3, 0.4) is 0 Å². The summed E-state index contributed by atoms with van der Waals surface area (Å²) in [6.07, 6.45) is 3.85. The highest BCUT2D eigenvalue weighted by molar-refractivity contribution is 5.14. The zero-order valence-corrected chi connectivity index (χ0v) is 12.6. The summed E-state index contributed by atoms with van der Waals surface area (Å²) < 4.78 is 11.3. The van der Waals surface area contributed by atoms with Gasteiger partial charge in [0.25, 0.3) is 0 Å². The Hall–Kier alpha value is -0.900. The molecule has 3 heteroatoms. The third-order valence-electron chi connectivity index (χ3n) is 3.49. The maximum Gasteiger partial charge on any atom is 0.0994 e. The van der Waals surface area contributed by atoms with Crippen LogP contribution in [0.15, 0.2) is 30.3 Å². The Kier molecular flexibility index (Phi) is 7.06. The average molecular weight is 277 g/mol. The minimum atomic E-state index is 0.690. The monoisotopic (exact) mass is 277 g/mol. The molecule has 0 unspecified atom stereocenters. The van der Waals surface area contributed by atoms with Crippen LogP contribution in [-0.4, -0.2) is 38.0 Å². The second kappa shape index (κ2) is 9.11. The molecule has 0 bridgehead atoms. The van der Waals surface area contributed by atoms with Crippen LogP contribution >= 0.6 is 0 Å². The highest BCUT2D eigenvalue weighted by Crippen LogP contribution is 2.28. The Morgan fingerprint density at radius 1 is 1.10 bits per heavy atom. The molecule has 0 saturated heterocycles. The molecule has 0 aromatic heterocycles. The van der Waals surface area contributed by atoms with Crippen molar-refractivity contribution < 1.29 is 9.47 Å². The number of benzene rings is 1.